The zero-order valence-corrected chi connectivity index (χ0v) is 16.9. The Balaban J connectivity index is 1.66. The highest BCUT2D eigenvalue weighted by Gasteiger charge is 2.41. The van der Waals surface area contributed by atoms with Crippen LogP contribution in [0.2, 0.25) is 0 Å². The van der Waals surface area contributed by atoms with Crippen LogP contribution in [0.25, 0.3) is 0 Å². The fraction of sp³-hybridized carbons (Fsp3) is 0.905. The number of carbonyl (C=O) groups is 2. The maximum absolute atomic E-state index is 11.9. The molecule has 7 nitrogen and oxygen atoms in total. The van der Waals surface area contributed by atoms with Crippen molar-refractivity contribution in [3.63, 3.8) is 0 Å². The summed E-state index contributed by atoms with van der Waals surface area (Å²) in [5, 5.41) is 15.4. The van der Waals surface area contributed by atoms with Crippen molar-refractivity contribution in [2.75, 3.05) is 0 Å². The van der Waals surface area contributed by atoms with Crippen molar-refractivity contribution in [3.05, 3.63) is 9.81 Å². The summed E-state index contributed by atoms with van der Waals surface area (Å²) < 4.78 is 0. The molecule has 0 saturated heterocycles. The van der Waals surface area contributed by atoms with E-state index in [1.807, 2.05) is 0 Å². The maximum atomic E-state index is 11.9. The Morgan fingerprint density at radius 2 is 1.25 bits per heavy atom. The van der Waals surface area contributed by atoms with Crippen LogP contribution >= 0.6 is 0 Å². The van der Waals surface area contributed by atoms with E-state index in [2.05, 4.69) is 10.4 Å². The highest BCUT2D eigenvalue weighted by atomic mass is 16.4. The van der Waals surface area contributed by atoms with E-state index in [0.29, 0.717) is 25.7 Å². The molecular formula is C21H34N2O5. The summed E-state index contributed by atoms with van der Waals surface area (Å²) in [5.41, 5.74) is -1.10. The zero-order valence-electron chi connectivity index (χ0n) is 16.9. The van der Waals surface area contributed by atoms with E-state index in [4.69, 9.17) is 0 Å². The minimum Gasteiger partial charge on any atom is -0.481 e. The fourth-order valence-corrected chi connectivity index (χ4v) is 5.28. The van der Waals surface area contributed by atoms with Crippen LogP contribution in [-0.4, -0.2) is 23.0 Å². The van der Waals surface area contributed by atoms with Gasteiger partial charge in [-0.05, 0) is 51.4 Å². The van der Waals surface area contributed by atoms with Gasteiger partial charge in [-0.2, -0.15) is 4.91 Å². The fourth-order valence-electron chi connectivity index (χ4n) is 5.28. The third-order valence-electron chi connectivity index (χ3n) is 7.15. The van der Waals surface area contributed by atoms with E-state index >= 15 is 0 Å². The van der Waals surface area contributed by atoms with Crippen molar-refractivity contribution >= 4 is 11.9 Å². The second-order valence-corrected chi connectivity index (χ2v) is 8.93. The number of amides is 1. The number of unbranched alkanes of at least 4 members (excludes halogenated alkanes) is 2. The summed E-state index contributed by atoms with van der Waals surface area (Å²) in [4.78, 5) is 45.3. The highest BCUT2D eigenvalue weighted by molar-refractivity contribution is 5.83. The molecule has 2 fully saturated rings. The van der Waals surface area contributed by atoms with Crippen molar-refractivity contribution < 1.29 is 14.7 Å². The number of carbonyl (C=O) groups excluding carboxylic acids is 1. The quantitative estimate of drug-likeness (QED) is 0.316. The van der Waals surface area contributed by atoms with Crippen LogP contribution in [0.5, 0.6) is 0 Å². The predicted octanol–water partition coefficient (Wildman–Crippen LogP) is 5.74. The third-order valence-corrected chi connectivity index (χ3v) is 7.15. The monoisotopic (exact) mass is 394 g/mol. The van der Waals surface area contributed by atoms with Crippen molar-refractivity contribution in [1.29, 1.82) is 0 Å². The Hall–Kier alpha value is -1.66. The topological polar surface area (TPSA) is 113 Å². The van der Waals surface area contributed by atoms with Gasteiger partial charge in [-0.25, -0.2) is 0 Å². The second kappa shape index (κ2) is 10.8. The number of aliphatic carboxylic acids is 1. The molecule has 2 saturated carbocycles. The number of nitroso groups, excluding NO2 is 2. The Bertz CT molecular complexity index is 551. The number of hydrogen-bond acceptors (Lipinski definition) is 5. The number of rotatable bonds is 13. The Morgan fingerprint density at radius 3 is 1.68 bits per heavy atom. The van der Waals surface area contributed by atoms with Gasteiger partial charge >= 0.3 is 5.97 Å². The highest BCUT2D eigenvalue weighted by Crippen LogP contribution is 2.44. The van der Waals surface area contributed by atoms with E-state index in [-0.39, 0.29) is 6.04 Å². The van der Waals surface area contributed by atoms with Crippen molar-refractivity contribution in [2.45, 2.75) is 109 Å². The molecular weight excluding hydrogens is 360 g/mol. The van der Waals surface area contributed by atoms with Gasteiger partial charge in [0.25, 0.3) is 5.91 Å². The van der Waals surface area contributed by atoms with Gasteiger partial charge in [0.1, 0.15) is 0 Å². The van der Waals surface area contributed by atoms with Crippen LogP contribution < -0.4 is 0 Å². The van der Waals surface area contributed by atoms with E-state index in [1.54, 1.807) is 0 Å². The second-order valence-electron chi connectivity index (χ2n) is 8.93. The first-order valence-corrected chi connectivity index (χ1v) is 10.9. The predicted molar refractivity (Wildman–Crippen MR) is 107 cm³/mol. The molecule has 1 amide bonds. The molecule has 0 aromatic rings. The van der Waals surface area contributed by atoms with Gasteiger partial charge in [0.15, 0.2) is 0 Å². The van der Waals surface area contributed by atoms with Gasteiger partial charge in [0.05, 0.1) is 16.9 Å². The first-order chi connectivity index (χ1) is 13.5. The molecule has 7 heteroatoms. The third kappa shape index (κ3) is 5.67. The molecule has 0 radical (unpaired) electrons. The molecule has 0 bridgehead atoms. The lowest BCUT2D eigenvalue weighted by molar-refractivity contribution is -0.149. The normalized spacial score (nSPS) is 21.3. The van der Waals surface area contributed by atoms with Crippen LogP contribution in [-0.2, 0) is 9.59 Å². The number of carboxylic acids is 1. The van der Waals surface area contributed by atoms with E-state index < -0.39 is 22.7 Å². The standard InChI is InChI=1S/C21H34N2O5/c24-18(23-28)20(12-5-6-13-20)11-3-1-9-17(22-27)10-2-4-14-21(19(25)26)15-7-8-16-21/h17H,1-16H2,(H,25,26). The largest absolute Gasteiger partial charge is 0.481 e. The van der Waals surface area contributed by atoms with Crippen LogP contribution in [0.15, 0.2) is 10.4 Å². The summed E-state index contributed by atoms with van der Waals surface area (Å²) in [5.74, 6) is -1.18. The first kappa shape index (κ1) is 22.6. The van der Waals surface area contributed by atoms with Crippen LogP contribution in [0.1, 0.15) is 103 Å². The SMILES string of the molecule is O=NC(=O)C1(CCCCC(CCCCC2(C(=O)O)CCCC2)N=O)CCCC1. The average molecular weight is 395 g/mol. The molecule has 158 valence electrons. The molecule has 0 aromatic heterocycles. The smallest absolute Gasteiger partial charge is 0.309 e. The van der Waals surface area contributed by atoms with Crippen molar-refractivity contribution in [3.8, 4) is 0 Å². The number of carboxylic acid groups (broad SMARTS) is 1. The Morgan fingerprint density at radius 1 is 0.786 bits per heavy atom. The minimum absolute atomic E-state index is 0.246. The van der Waals surface area contributed by atoms with E-state index in [0.717, 1.165) is 77.0 Å². The molecule has 1 unspecified atom stereocenters. The van der Waals surface area contributed by atoms with E-state index in [1.165, 1.54) is 0 Å². The Kier molecular flexibility index (Phi) is 8.70. The molecule has 2 rings (SSSR count). The van der Waals surface area contributed by atoms with Gasteiger partial charge in [-0.1, -0.05) is 56.5 Å². The first-order valence-electron chi connectivity index (χ1n) is 10.9. The van der Waals surface area contributed by atoms with Crippen molar-refractivity contribution in [2.24, 2.45) is 21.2 Å². The Labute approximate surface area is 167 Å². The minimum atomic E-state index is -0.671. The molecule has 0 aliphatic heterocycles. The molecule has 1 N–H and O–H groups in total. The summed E-state index contributed by atoms with van der Waals surface area (Å²) in [6, 6.07) is -0.246. The lowest BCUT2D eigenvalue weighted by Crippen LogP contribution is -2.27. The molecule has 0 spiro atoms. The van der Waals surface area contributed by atoms with Gasteiger partial charge in [0, 0.05) is 5.18 Å². The van der Waals surface area contributed by atoms with Gasteiger partial charge in [-0.15, -0.1) is 4.91 Å². The maximum Gasteiger partial charge on any atom is 0.309 e. The molecule has 1 atom stereocenters. The van der Waals surface area contributed by atoms with Gasteiger partial charge in [0.2, 0.25) is 0 Å². The van der Waals surface area contributed by atoms with Gasteiger partial charge < -0.3 is 5.11 Å². The summed E-state index contributed by atoms with van der Waals surface area (Å²) in [6.07, 6.45) is 13.0. The van der Waals surface area contributed by atoms with Gasteiger partial charge in [-0.3, -0.25) is 9.59 Å². The molecule has 28 heavy (non-hydrogen) atoms. The number of nitrogens with zero attached hydrogens (tertiary/aromatic N) is 2. The molecule has 0 aromatic carbocycles. The molecule has 2 aliphatic carbocycles. The van der Waals surface area contributed by atoms with Crippen molar-refractivity contribution in [1.82, 2.24) is 0 Å². The number of hydrogen-bond donors (Lipinski definition) is 1. The average Bonchev–Trinajstić information content (AvgIpc) is 3.37. The van der Waals surface area contributed by atoms with E-state index in [9.17, 15) is 24.5 Å². The van der Waals surface area contributed by atoms with Crippen LogP contribution in [0, 0.1) is 20.6 Å². The molecule has 2 aliphatic rings. The zero-order chi connectivity index (χ0) is 20.5. The molecule has 0 heterocycles. The lowest BCUT2D eigenvalue weighted by Gasteiger charge is -2.24. The summed E-state index contributed by atoms with van der Waals surface area (Å²) in [7, 11) is 0. The lowest BCUT2D eigenvalue weighted by atomic mass is 9.80. The van der Waals surface area contributed by atoms with Crippen LogP contribution in [0.3, 0.4) is 0 Å². The summed E-state index contributed by atoms with van der Waals surface area (Å²) in [6.45, 7) is 0. The van der Waals surface area contributed by atoms with Crippen LogP contribution in [0.4, 0.5) is 0 Å². The summed E-state index contributed by atoms with van der Waals surface area (Å²) >= 11 is 0.